The highest BCUT2D eigenvalue weighted by molar-refractivity contribution is 7.73. The number of nitrogens with one attached hydrogen (secondary N) is 3. The lowest BCUT2D eigenvalue weighted by atomic mass is 10.1. The third-order valence-electron chi connectivity index (χ3n) is 5.60. The van der Waals surface area contributed by atoms with E-state index in [9.17, 15) is 14.4 Å². The van der Waals surface area contributed by atoms with E-state index in [1.807, 2.05) is 0 Å². The molecule has 2 saturated carbocycles. The molecule has 0 radical (unpaired) electrons. The van der Waals surface area contributed by atoms with Crippen LogP contribution in [0.5, 0.6) is 0 Å². The summed E-state index contributed by atoms with van der Waals surface area (Å²) in [5.74, 6) is -0.378. The van der Waals surface area contributed by atoms with Crippen molar-refractivity contribution in [3.8, 4) is 0 Å². The molecule has 9 heteroatoms. The first kappa shape index (κ1) is 18.5. The van der Waals surface area contributed by atoms with E-state index >= 15 is 0 Å². The first-order chi connectivity index (χ1) is 14.0. The molecule has 2 aliphatic rings. The fraction of sp³-hybridized carbons (Fsp3) is 0.400. The summed E-state index contributed by atoms with van der Waals surface area (Å²) < 4.78 is 2.14. The minimum atomic E-state index is -0.308. The van der Waals surface area contributed by atoms with Crippen LogP contribution in [0.4, 0.5) is 0 Å². The Hall–Kier alpha value is -2.52. The third kappa shape index (κ3) is 3.38. The molecule has 0 aliphatic heterocycles. The second kappa shape index (κ2) is 7.07. The van der Waals surface area contributed by atoms with Crippen LogP contribution in [0.1, 0.15) is 58.6 Å². The Labute approximate surface area is 175 Å². The van der Waals surface area contributed by atoms with Crippen LogP contribution in [0.3, 0.4) is 0 Å². The van der Waals surface area contributed by atoms with Gasteiger partial charge in [-0.05, 0) is 56.1 Å². The maximum Gasteiger partial charge on any atom is 0.265 e. The fourth-order valence-electron chi connectivity index (χ4n) is 3.90. The van der Waals surface area contributed by atoms with Gasteiger partial charge in [-0.2, -0.15) is 0 Å². The van der Waals surface area contributed by atoms with E-state index in [0.29, 0.717) is 30.9 Å². The van der Waals surface area contributed by atoms with Gasteiger partial charge in [0, 0.05) is 17.6 Å². The number of nitrogens with zero attached hydrogens (tertiary/aromatic N) is 1. The van der Waals surface area contributed by atoms with Crippen molar-refractivity contribution in [1.29, 1.82) is 0 Å². The average Bonchev–Trinajstić information content (AvgIpc) is 3.24. The molecule has 2 aromatic heterocycles. The Balaban J connectivity index is 1.62. The Kier molecular flexibility index (Phi) is 4.51. The largest absolute Gasteiger partial charge is 0.349 e. The van der Waals surface area contributed by atoms with Gasteiger partial charge in [-0.25, -0.2) is 0 Å². The fourth-order valence-corrected chi connectivity index (χ4v) is 5.19. The smallest absolute Gasteiger partial charge is 0.265 e. The zero-order chi connectivity index (χ0) is 20.1. The second-order valence-electron chi connectivity index (χ2n) is 7.77. The van der Waals surface area contributed by atoms with E-state index in [1.54, 1.807) is 22.6 Å². The number of carbonyl (C=O) groups is 2. The molecule has 3 N–H and O–H groups in total. The van der Waals surface area contributed by atoms with Crippen molar-refractivity contribution in [2.24, 2.45) is 0 Å². The van der Waals surface area contributed by atoms with Gasteiger partial charge in [0.25, 0.3) is 17.4 Å². The number of benzene rings is 1. The minimum Gasteiger partial charge on any atom is -0.349 e. The molecular formula is C20H20N4O3S2. The molecule has 3 aromatic rings. The molecule has 0 spiro atoms. The van der Waals surface area contributed by atoms with Crippen molar-refractivity contribution < 1.29 is 9.59 Å². The van der Waals surface area contributed by atoms with Crippen LogP contribution in [-0.2, 0) is 0 Å². The van der Waals surface area contributed by atoms with Crippen molar-refractivity contribution in [3.05, 3.63) is 42.9 Å². The second-order valence-corrected chi connectivity index (χ2v) is 9.41. The Morgan fingerprint density at radius 1 is 1.07 bits per heavy atom. The summed E-state index contributed by atoms with van der Waals surface area (Å²) in [6, 6.07) is 5.36. The number of aromatic amines is 1. The molecule has 150 valence electrons. The first-order valence-electron chi connectivity index (χ1n) is 9.84. The molecule has 2 heterocycles. The van der Waals surface area contributed by atoms with E-state index in [-0.39, 0.29) is 29.5 Å². The van der Waals surface area contributed by atoms with Crippen LogP contribution in [0, 0.1) is 3.95 Å². The maximum atomic E-state index is 12.8. The maximum absolute atomic E-state index is 12.8. The lowest BCUT2D eigenvalue weighted by molar-refractivity contribution is 0.0937. The molecule has 0 bridgehead atoms. The number of carbonyl (C=O) groups excluding carboxylic acids is 2. The predicted octanol–water partition coefficient (Wildman–Crippen LogP) is 3.14. The lowest BCUT2D eigenvalue weighted by Crippen LogP contribution is -2.32. The molecule has 0 atom stereocenters. The molecule has 0 saturated heterocycles. The van der Waals surface area contributed by atoms with Gasteiger partial charge >= 0.3 is 0 Å². The highest BCUT2D eigenvalue weighted by atomic mass is 32.1. The number of H-pyrrole nitrogens is 1. The van der Waals surface area contributed by atoms with Crippen LogP contribution < -0.4 is 16.2 Å². The summed E-state index contributed by atoms with van der Waals surface area (Å²) >= 11 is 6.69. The number of fused-ring (bicyclic) bond motifs is 3. The van der Waals surface area contributed by atoms with Gasteiger partial charge < -0.3 is 15.6 Å². The van der Waals surface area contributed by atoms with Crippen LogP contribution in [-0.4, -0.2) is 33.3 Å². The van der Waals surface area contributed by atoms with Crippen LogP contribution in [0.2, 0.25) is 0 Å². The van der Waals surface area contributed by atoms with E-state index in [4.69, 9.17) is 12.2 Å². The number of hydrogen-bond donors (Lipinski definition) is 3. The summed E-state index contributed by atoms with van der Waals surface area (Å²) in [5.41, 5.74) is 1.08. The highest BCUT2D eigenvalue weighted by Crippen LogP contribution is 2.25. The predicted molar refractivity (Wildman–Crippen MR) is 114 cm³/mol. The lowest BCUT2D eigenvalue weighted by Gasteiger charge is -2.11. The summed E-state index contributed by atoms with van der Waals surface area (Å²) in [4.78, 5) is 41.2. The molecule has 5 rings (SSSR count). The Bertz CT molecular complexity index is 1260. The van der Waals surface area contributed by atoms with Crippen LogP contribution in [0.25, 0.3) is 16.6 Å². The molecule has 2 fully saturated rings. The number of thiazole rings is 1. The van der Waals surface area contributed by atoms with Crippen molar-refractivity contribution in [1.82, 2.24) is 20.0 Å². The minimum absolute atomic E-state index is 0.163. The Morgan fingerprint density at radius 3 is 2.48 bits per heavy atom. The molecule has 2 aliphatic carbocycles. The van der Waals surface area contributed by atoms with Crippen molar-refractivity contribution in [2.75, 3.05) is 0 Å². The van der Waals surface area contributed by atoms with Gasteiger partial charge in [0.1, 0.15) is 10.5 Å². The standard InChI is InChI=1S/C20H20N4O3S2/c25-17(21-12-6-7-12)10-5-8-13-14(9-10)24-16(23-18(13)26)15(29-20(24)28)19(27)22-11-3-1-2-4-11/h5,8-9,11-12H,1-4,6-7H2,(H,21,25)(H,22,27)(H,23,26). The normalized spacial score (nSPS) is 17.1. The van der Waals surface area contributed by atoms with Gasteiger partial charge in [-0.15, -0.1) is 0 Å². The summed E-state index contributed by atoms with van der Waals surface area (Å²) in [7, 11) is 0. The monoisotopic (exact) mass is 428 g/mol. The van der Waals surface area contributed by atoms with Gasteiger partial charge in [0.05, 0.1) is 10.9 Å². The van der Waals surface area contributed by atoms with Crippen LogP contribution >= 0.6 is 23.6 Å². The van der Waals surface area contributed by atoms with Crippen molar-refractivity contribution in [2.45, 2.75) is 50.6 Å². The first-order valence-corrected chi connectivity index (χ1v) is 11.1. The molecule has 7 nitrogen and oxygen atoms in total. The van der Waals surface area contributed by atoms with E-state index in [0.717, 1.165) is 38.5 Å². The van der Waals surface area contributed by atoms with Crippen molar-refractivity contribution >= 4 is 51.9 Å². The van der Waals surface area contributed by atoms with Gasteiger partial charge in [-0.3, -0.25) is 18.8 Å². The summed E-state index contributed by atoms with van der Waals surface area (Å²) in [6.07, 6.45) is 6.18. The average molecular weight is 429 g/mol. The highest BCUT2D eigenvalue weighted by Gasteiger charge is 2.25. The SMILES string of the molecule is O=C(NC1CC1)c1ccc2c(=O)[nH]c3c(C(=O)NC4CCCC4)sc(=S)n3c2c1. The number of amides is 2. The summed E-state index contributed by atoms with van der Waals surface area (Å²) in [5, 5.41) is 6.43. The summed E-state index contributed by atoms with van der Waals surface area (Å²) in [6.45, 7) is 0. The zero-order valence-corrected chi connectivity index (χ0v) is 17.3. The number of aromatic nitrogens is 2. The number of hydrogen-bond acceptors (Lipinski definition) is 5. The zero-order valence-electron chi connectivity index (χ0n) is 15.6. The van der Waals surface area contributed by atoms with Gasteiger partial charge in [0.2, 0.25) is 0 Å². The third-order valence-corrected chi connectivity index (χ3v) is 6.97. The quantitative estimate of drug-likeness (QED) is 0.557. The van der Waals surface area contributed by atoms with E-state index in [2.05, 4.69) is 15.6 Å². The molecule has 1 aromatic carbocycles. The Morgan fingerprint density at radius 2 is 1.76 bits per heavy atom. The molecule has 2 amide bonds. The topological polar surface area (TPSA) is 95.5 Å². The molecular weight excluding hydrogens is 408 g/mol. The van der Waals surface area contributed by atoms with Gasteiger partial charge in [-0.1, -0.05) is 24.2 Å². The van der Waals surface area contributed by atoms with E-state index < -0.39 is 0 Å². The van der Waals surface area contributed by atoms with Crippen molar-refractivity contribution in [3.63, 3.8) is 0 Å². The molecule has 29 heavy (non-hydrogen) atoms. The van der Waals surface area contributed by atoms with Gasteiger partial charge in [0.15, 0.2) is 3.95 Å². The number of rotatable bonds is 4. The molecule has 0 unspecified atom stereocenters. The van der Waals surface area contributed by atoms with Crippen LogP contribution in [0.15, 0.2) is 23.0 Å². The van der Waals surface area contributed by atoms with E-state index in [1.165, 1.54) is 11.3 Å².